The minimum Gasteiger partial charge on any atom is -0.481 e. The van der Waals surface area contributed by atoms with E-state index in [1.165, 1.54) is 37.8 Å². The summed E-state index contributed by atoms with van der Waals surface area (Å²) in [6.07, 6.45) is -4.52. The van der Waals surface area contributed by atoms with Crippen LogP contribution < -0.4 is 10.1 Å². The van der Waals surface area contributed by atoms with Crippen LogP contribution in [0.25, 0.3) is 5.70 Å². The molecule has 0 aromatic heterocycles. The van der Waals surface area contributed by atoms with Crippen LogP contribution in [0.1, 0.15) is 37.8 Å². The van der Waals surface area contributed by atoms with Crippen molar-refractivity contribution in [3.05, 3.63) is 39.1 Å². The predicted octanol–water partition coefficient (Wildman–Crippen LogP) is 3.04. The molecule has 2 heterocycles. The molecular formula is C18H18F3N3O5. The van der Waals surface area contributed by atoms with Crippen LogP contribution in [-0.4, -0.2) is 40.0 Å². The maximum absolute atomic E-state index is 12.9. The number of carbonyl (C=O) groups is 2. The Morgan fingerprint density at radius 1 is 1.34 bits per heavy atom. The quantitative estimate of drug-likeness (QED) is 0.606. The number of halogens is 3. The number of amides is 2. The third kappa shape index (κ3) is 3.52. The fourth-order valence-corrected chi connectivity index (χ4v) is 3.54. The number of nitrogens with one attached hydrogen (secondary N) is 1. The number of hydrogen-bond donors (Lipinski definition) is 1. The van der Waals surface area contributed by atoms with Gasteiger partial charge in [-0.15, -0.1) is 0 Å². The first-order valence-corrected chi connectivity index (χ1v) is 8.75. The van der Waals surface area contributed by atoms with Gasteiger partial charge < -0.3 is 15.0 Å². The lowest BCUT2D eigenvalue weighted by Gasteiger charge is -2.39. The minimum absolute atomic E-state index is 0.00227. The maximum Gasteiger partial charge on any atom is 0.471 e. The minimum atomic E-state index is -5.17. The summed E-state index contributed by atoms with van der Waals surface area (Å²) in [5.41, 5.74) is -1.75. The summed E-state index contributed by atoms with van der Waals surface area (Å²) in [6, 6.07) is 2.57. The van der Waals surface area contributed by atoms with E-state index in [1.807, 2.05) is 5.32 Å². The molecule has 2 aliphatic rings. The SMILES string of the molecule is Cc1c([N+](=O)[O-])ccc2c1C(N1CCCC1=O)=C(NC(=O)C(F)(F)F)C(C)(C)O2. The summed E-state index contributed by atoms with van der Waals surface area (Å²) in [4.78, 5) is 36.1. The molecule has 1 aromatic carbocycles. The van der Waals surface area contributed by atoms with Gasteiger partial charge in [-0.1, -0.05) is 0 Å². The Hall–Kier alpha value is -3.11. The smallest absolute Gasteiger partial charge is 0.471 e. The van der Waals surface area contributed by atoms with Crippen molar-refractivity contribution in [3.8, 4) is 5.75 Å². The first-order chi connectivity index (χ1) is 13.3. The Bertz CT molecular complexity index is 953. The van der Waals surface area contributed by atoms with Gasteiger partial charge in [-0.2, -0.15) is 13.2 Å². The number of hydrogen-bond acceptors (Lipinski definition) is 5. The second-order valence-corrected chi connectivity index (χ2v) is 7.28. The molecular weight excluding hydrogens is 395 g/mol. The van der Waals surface area contributed by atoms with Gasteiger partial charge in [-0.3, -0.25) is 19.7 Å². The molecule has 1 saturated heterocycles. The molecule has 0 aliphatic carbocycles. The molecule has 29 heavy (non-hydrogen) atoms. The zero-order valence-electron chi connectivity index (χ0n) is 15.8. The fourth-order valence-electron chi connectivity index (χ4n) is 3.54. The van der Waals surface area contributed by atoms with Gasteiger partial charge in [0.05, 0.1) is 21.9 Å². The van der Waals surface area contributed by atoms with Crippen molar-refractivity contribution >= 4 is 23.2 Å². The van der Waals surface area contributed by atoms with Crippen LogP contribution in [0, 0.1) is 17.0 Å². The van der Waals surface area contributed by atoms with E-state index in [1.54, 1.807) is 0 Å². The van der Waals surface area contributed by atoms with Gasteiger partial charge in [0, 0.05) is 24.6 Å². The summed E-state index contributed by atoms with van der Waals surface area (Å²) in [6.45, 7) is 4.51. The molecule has 3 rings (SSSR count). The van der Waals surface area contributed by atoms with Crippen LogP contribution in [0.5, 0.6) is 5.75 Å². The highest BCUT2D eigenvalue weighted by Crippen LogP contribution is 2.46. The molecule has 0 radical (unpaired) electrons. The Balaban J connectivity index is 2.32. The third-order valence-corrected chi connectivity index (χ3v) is 4.87. The normalized spacial score (nSPS) is 18.4. The van der Waals surface area contributed by atoms with Crippen LogP contribution in [-0.2, 0) is 9.59 Å². The van der Waals surface area contributed by atoms with E-state index in [9.17, 15) is 32.9 Å². The molecule has 0 spiro atoms. The number of carbonyl (C=O) groups excluding carboxylic acids is 2. The van der Waals surface area contributed by atoms with Gasteiger partial charge in [0.25, 0.3) is 5.69 Å². The van der Waals surface area contributed by atoms with Crippen molar-refractivity contribution in [1.29, 1.82) is 0 Å². The molecule has 1 aromatic rings. The molecule has 156 valence electrons. The second kappa shape index (κ2) is 6.75. The number of nitro groups is 1. The lowest BCUT2D eigenvalue weighted by Crippen LogP contribution is -2.49. The second-order valence-electron chi connectivity index (χ2n) is 7.28. The lowest BCUT2D eigenvalue weighted by atomic mass is 9.91. The highest BCUT2D eigenvalue weighted by Gasteiger charge is 2.46. The van der Waals surface area contributed by atoms with E-state index in [0.29, 0.717) is 6.42 Å². The Kier molecular flexibility index (Phi) is 4.80. The molecule has 2 aliphatic heterocycles. The van der Waals surface area contributed by atoms with Gasteiger partial charge in [0.1, 0.15) is 11.4 Å². The van der Waals surface area contributed by atoms with Gasteiger partial charge in [-0.05, 0) is 33.3 Å². The van der Waals surface area contributed by atoms with Crippen molar-refractivity contribution in [3.63, 3.8) is 0 Å². The van der Waals surface area contributed by atoms with Gasteiger partial charge >= 0.3 is 12.1 Å². The summed E-state index contributed by atoms with van der Waals surface area (Å²) < 4.78 is 44.6. The van der Waals surface area contributed by atoms with E-state index in [0.717, 1.165) is 0 Å². The van der Waals surface area contributed by atoms with E-state index >= 15 is 0 Å². The fraction of sp³-hybridized carbons (Fsp3) is 0.444. The predicted molar refractivity (Wildman–Crippen MR) is 94.6 cm³/mol. The summed E-state index contributed by atoms with van der Waals surface area (Å²) in [7, 11) is 0. The first-order valence-electron chi connectivity index (χ1n) is 8.75. The number of nitrogens with zero attached hydrogens (tertiary/aromatic N) is 2. The Morgan fingerprint density at radius 2 is 2.00 bits per heavy atom. The Labute approximate surface area is 163 Å². The monoisotopic (exact) mass is 413 g/mol. The summed E-state index contributed by atoms with van der Waals surface area (Å²) >= 11 is 0. The highest BCUT2D eigenvalue weighted by molar-refractivity contribution is 5.95. The molecule has 2 amide bonds. The zero-order chi connectivity index (χ0) is 21.7. The van der Waals surface area contributed by atoms with Crippen molar-refractivity contribution in [1.82, 2.24) is 10.2 Å². The van der Waals surface area contributed by atoms with Gasteiger partial charge in [0.2, 0.25) is 5.91 Å². The van der Waals surface area contributed by atoms with Gasteiger partial charge in [-0.25, -0.2) is 0 Å². The average Bonchev–Trinajstić information content (AvgIpc) is 3.00. The van der Waals surface area contributed by atoms with Crippen LogP contribution in [0.2, 0.25) is 0 Å². The number of fused-ring (bicyclic) bond motifs is 1. The standard InChI is InChI=1S/C18H18F3N3O5/c1-9-10(24(27)28)6-7-11-13(9)14(23-8-4-5-12(23)25)15(17(2,3)29-11)22-16(26)18(19,20)21/h6-7H,4-5,8H2,1-3H3,(H,22,26). The first kappa shape index (κ1) is 20.6. The topological polar surface area (TPSA) is 102 Å². The van der Waals surface area contributed by atoms with E-state index in [-0.39, 0.29) is 52.8 Å². The molecule has 8 nitrogen and oxygen atoms in total. The van der Waals surface area contributed by atoms with Crippen molar-refractivity contribution in [2.24, 2.45) is 0 Å². The maximum atomic E-state index is 12.9. The molecule has 0 saturated carbocycles. The van der Waals surface area contributed by atoms with Crippen LogP contribution in [0.3, 0.4) is 0 Å². The van der Waals surface area contributed by atoms with E-state index in [2.05, 4.69) is 0 Å². The molecule has 0 atom stereocenters. The van der Waals surface area contributed by atoms with E-state index in [4.69, 9.17) is 4.74 Å². The highest BCUT2D eigenvalue weighted by atomic mass is 19.4. The number of ether oxygens (including phenoxy) is 1. The molecule has 11 heteroatoms. The Morgan fingerprint density at radius 3 is 2.52 bits per heavy atom. The average molecular weight is 413 g/mol. The summed E-state index contributed by atoms with van der Waals surface area (Å²) in [5, 5.41) is 13.2. The van der Waals surface area contributed by atoms with E-state index < -0.39 is 22.6 Å². The molecule has 1 N–H and O–H groups in total. The van der Waals surface area contributed by atoms with Crippen molar-refractivity contribution in [2.45, 2.75) is 45.4 Å². The number of rotatable bonds is 3. The van der Waals surface area contributed by atoms with Crippen molar-refractivity contribution in [2.75, 3.05) is 6.54 Å². The summed E-state index contributed by atoms with van der Waals surface area (Å²) in [5.74, 6) is -2.40. The lowest BCUT2D eigenvalue weighted by molar-refractivity contribution is -0.385. The van der Waals surface area contributed by atoms with Crippen molar-refractivity contribution < 1.29 is 32.4 Å². The van der Waals surface area contributed by atoms with Crippen LogP contribution in [0.4, 0.5) is 18.9 Å². The molecule has 0 bridgehead atoms. The third-order valence-electron chi connectivity index (χ3n) is 4.87. The van der Waals surface area contributed by atoms with Crippen LogP contribution >= 0.6 is 0 Å². The molecule has 1 fully saturated rings. The number of nitro benzene ring substituents is 1. The number of alkyl halides is 3. The number of benzene rings is 1. The van der Waals surface area contributed by atoms with Gasteiger partial charge in [0.15, 0.2) is 0 Å². The zero-order valence-corrected chi connectivity index (χ0v) is 15.8. The van der Waals surface area contributed by atoms with Crippen LogP contribution in [0.15, 0.2) is 17.8 Å². The molecule has 0 unspecified atom stereocenters. The number of likely N-dealkylation sites (tertiary alicyclic amines) is 1. The largest absolute Gasteiger partial charge is 0.481 e.